The molecule has 0 aromatic heterocycles. The van der Waals surface area contributed by atoms with Gasteiger partial charge in [0, 0.05) is 25.1 Å². The van der Waals surface area contributed by atoms with Crippen molar-refractivity contribution in [1.29, 1.82) is 0 Å². The number of hydrogen-bond acceptors (Lipinski definition) is 6. The van der Waals surface area contributed by atoms with Crippen molar-refractivity contribution in [3.63, 3.8) is 0 Å². The van der Waals surface area contributed by atoms with E-state index >= 15 is 0 Å². The number of fused-ring (bicyclic) bond motifs is 1. The number of nitrogens with one attached hydrogen (secondary N) is 1. The molecule has 0 saturated carbocycles. The maximum atomic E-state index is 12.0. The van der Waals surface area contributed by atoms with Crippen molar-refractivity contribution in [2.75, 3.05) is 24.6 Å². The molecule has 0 fully saturated rings. The van der Waals surface area contributed by atoms with Crippen molar-refractivity contribution in [3.05, 3.63) is 28.3 Å². The van der Waals surface area contributed by atoms with E-state index in [2.05, 4.69) is 5.32 Å². The van der Waals surface area contributed by atoms with Crippen LogP contribution in [0.25, 0.3) is 0 Å². The Labute approximate surface area is 142 Å². The van der Waals surface area contributed by atoms with E-state index in [1.807, 2.05) is 0 Å². The molecule has 0 bridgehead atoms. The smallest absolute Gasteiger partial charge is 0.303 e. The Hall–Kier alpha value is -3.17. The number of hydrogen-bond donors (Lipinski definition) is 2. The standard InChI is InChI=1S/C15H17N3O7/c1-9(4-15(21)22)6-16-13(19)7-17-11-5-10(18(23)24)2-3-12(11)25-8-14(17)20/h2-3,5,9H,4,6-8H2,1H3,(H,16,19)(H,21,22). The summed E-state index contributed by atoms with van der Waals surface area (Å²) in [6, 6.07) is 3.80. The second-order valence-electron chi connectivity index (χ2n) is 5.68. The molecule has 2 rings (SSSR count). The summed E-state index contributed by atoms with van der Waals surface area (Å²) in [6.45, 7) is 1.21. The lowest BCUT2D eigenvalue weighted by atomic mass is 10.1. The van der Waals surface area contributed by atoms with Crippen molar-refractivity contribution in [3.8, 4) is 5.75 Å². The quantitative estimate of drug-likeness (QED) is 0.540. The van der Waals surface area contributed by atoms with Crippen LogP contribution in [-0.2, 0) is 14.4 Å². The Balaban J connectivity index is 2.07. The monoisotopic (exact) mass is 351 g/mol. The molecule has 25 heavy (non-hydrogen) atoms. The summed E-state index contributed by atoms with van der Waals surface area (Å²) in [4.78, 5) is 46.1. The van der Waals surface area contributed by atoms with Gasteiger partial charge < -0.3 is 15.2 Å². The Kier molecular flexibility index (Phi) is 5.52. The van der Waals surface area contributed by atoms with Gasteiger partial charge >= 0.3 is 5.97 Å². The molecule has 1 atom stereocenters. The molecule has 2 N–H and O–H groups in total. The Morgan fingerprint density at radius 1 is 1.48 bits per heavy atom. The lowest BCUT2D eigenvalue weighted by Gasteiger charge is -2.28. The molecule has 1 aromatic carbocycles. The van der Waals surface area contributed by atoms with Crippen molar-refractivity contribution in [2.24, 2.45) is 5.92 Å². The van der Waals surface area contributed by atoms with Crippen molar-refractivity contribution in [1.82, 2.24) is 5.32 Å². The highest BCUT2D eigenvalue weighted by Crippen LogP contribution is 2.35. The normalized spacial score (nSPS) is 14.3. The van der Waals surface area contributed by atoms with Crippen LogP contribution in [0.2, 0.25) is 0 Å². The zero-order chi connectivity index (χ0) is 18.6. The molecule has 0 saturated heterocycles. The average molecular weight is 351 g/mol. The number of carbonyl (C=O) groups excluding carboxylic acids is 2. The minimum absolute atomic E-state index is 0.0915. The van der Waals surface area contributed by atoms with Crippen LogP contribution in [0.4, 0.5) is 11.4 Å². The van der Waals surface area contributed by atoms with Crippen molar-refractivity contribution >= 4 is 29.2 Å². The van der Waals surface area contributed by atoms with Crippen LogP contribution >= 0.6 is 0 Å². The van der Waals surface area contributed by atoms with E-state index in [1.165, 1.54) is 18.2 Å². The number of rotatable bonds is 7. The van der Waals surface area contributed by atoms with Gasteiger partial charge in [0.1, 0.15) is 12.3 Å². The third-order valence-electron chi connectivity index (χ3n) is 3.57. The SMILES string of the molecule is CC(CNC(=O)CN1C(=O)COc2ccc([N+](=O)[O-])cc21)CC(=O)O. The van der Waals surface area contributed by atoms with Gasteiger partial charge in [-0.25, -0.2) is 0 Å². The topological polar surface area (TPSA) is 139 Å². The summed E-state index contributed by atoms with van der Waals surface area (Å²) < 4.78 is 5.21. The minimum atomic E-state index is -0.966. The van der Waals surface area contributed by atoms with E-state index in [0.29, 0.717) is 0 Å². The molecular weight excluding hydrogens is 334 g/mol. The highest BCUT2D eigenvalue weighted by Gasteiger charge is 2.29. The van der Waals surface area contributed by atoms with Gasteiger partial charge in [0.15, 0.2) is 6.61 Å². The molecule has 1 heterocycles. The third kappa shape index (κ3) is 4.66. The summed E-state index contributed by atoms with van der Waals surface area (Å²) in [5.41, 5.74) is -0.0725. The lowest BCUT2D eigenvalue weighted by molar-refractivity contribution is -0.384. The van der Waals surface area contributed by atoms with Gasteiger partial charge in [-0.05, 0) is 12.0 Å². The first-order valence-corrected chi connectivity index (χ1v) is 7.48. The molecule has 1 aliphatic rings. The first kappa shape index (κ1) is 18.2. The van der Waals surface area contributed by atoms with Crippen LogP contribution in [0.5, 0.6) is 5.75 Å². The number of carboxylic acids is 1. The van der Waals surface area contributed by atoms with Gasteiger partial charge in [0.2, 0.25) is 5.91 Å². The number of nitro benzene ring substituents is 1. The molecule has 1 unspecified atom stereocenters. The van der Waals surface area contributed by atoms with E-state index in [4.69, 9.17) is 9.84 Å². The summed E-state index contributed by atoms with van der Waals surface area (Å²) in [7, 11) is 0. The third-order valence-corrected chi connectivity index (χ3v) is 3.57. The first-order chi connectivity index (χ1) is 11.8. The van der Waals surface area contributed by atoms with Gasteiger partial charge in [0.25, 0.3) is 11.6 Å². The van der Waals surface area contributed by atoms with Crippen molar-refractivity contribution < 1.29 is 29.2 Å². The number of benzene rings is 1. The Bertz CT molecular complexity index is 719. The molecular formula is C15H17N3O7. The molecule has 0 spiro atoms. The predicted molar refractivity (Wildman–Crippen MR) is 85.4 cm³/mol. The summed E-state index contributed by atoms with van der Waals surface area (Å²) in [5, 5.41) is 22.1. The van der Waals surface area contributed by atoms with Crippen LogP contribution in [0, 0.1) is 16.0 Å². The van der Waals surface area contributed by atoms with E-state index < -0.39 is 22.7 Å². The molecule has 134 valence electrons. The zero-order valence-corrected chi connectivity index (χ0v) is 13.4. The number of nitrogens with zero attached hydrogens (tertiary/aromatic N) is 2. The summed E-state index contributed by atoms with van der Waals surface area (Å²) in [6.07, 6.45) is -0.0915. The van der Waals surface area contributed by atoms with Gasteiger partial charge in [-0.2, -0.15) is 0 Å². The number of non-ortho nitro benzene ring substituents is 1. The van der Waals surface area contributed by atoms with Crippen LogP contribution < -0.4 is 15.0 Å². The van der Waals surface area contributed by atoms with Gasteiger partial charge in [0.05, 0.1) is 10.6 Å². The summed E-state index contributed by atoms with van der Waals surface area (Å²) >= 11 is 0. The molecule has 2 amide bonds. The average Bonchev–Trinajstić information content (AvgIpc) is 2.54. The maximum Gasteiger partial charge on any atom is 0.303 e. The largest absolute Gasteiger partial charge is 0.482 e. The second kappa shape index (κ2) is 7.60. The van der Waals surface area contributed by atoms with E-state index in [0.717, 1.165) is 4.90 Å². The van der Waals surface area contributed by atoms with E-state index in [1.54, 1.807) is 6.92 Å². The van der Waals surface area contributed by atoms with Crippen LogP contribution in [0.3, 0.4) is 0 Å². The first-order valence-electron chi connectivity index (χ1n) is 7.48. The number of aliphatic carboxylic acids is 1. The van der Waals surface area contributed by atoms with E-state index in [9.17, 15) is 24.5 Å². The lowest BCUT2D eigenvalue weighted by Crippen LogP contribution is -2.45. The number of amides is 2. The van der Waals surface area contributed by atoms with Crippen LogP contribution in [0.15, 0.2) is 18.2 Å². The van der Waals surface area contributed by atoms with Gasteiger partial charge in [-0.15, -0.1) is 0 Å². The number of nitro groups is 1. The fraction of sp³-hybridized carbons (Fsp3) is 0.400. The van der Waals surface area contributed by atoms with Crippen LogP contribution in [-0.4, -0.2) is 47.5 Å². The predicted octanol–water partition coefficient (Wildman–Crippen LogP) is 0.547. The van der Waals surface area contributed by atoms with Gasteiger partial charge in [-0.3, -0.25) is 29.4 Å². The van der Waals surface area contributed by atoms with Crippen molar-refractivity contribution in [2.45, 2.75) is 13.3 Å². The molecule has 0 radical (unpaired) electrons. The number of carbonyl (C=O) groups is 3. The minimum Gasteiger partial charge on any atom is -0.482 e. The fourth-order valence-corrected chi connectivity index (χ4v) is 2.34. The maximum absolute atomic E-state index is 12.0. The molecule has 10 nitrogen and oxygen atoms in total. The van der Waals surface area contributed by atoms with E-state index in [-0.39, 0.29) is 49.2 Å². The molecule has 0 aliphatic carbocycles. The highest BCUT2D eigenvalue weighted by atomic mass is 16.6. The Morgan fingerprint density at radius 2 is 2.20 bits per heavy atom. The number of carboxylic acid groups (broad SMARTS) is 1. The summed E-state index contributed by atoms with van der Waals surface area (Å²) in [5.74, 6) is -1.95. The Morgan fingerprint density at radius 3 is 2.84 bits per heavy atom. The highest BCUT2D eigenvalue weighted by molar-refractivity contribution is 6.02. The second-order valence-corrected chi connectivity index (χ2v) is 5.68. The molecule has 1 aliphatic heterocycles. The number of anilines is 1. The molecule has 1 aromatic rings. The molecule has 10 heteroatoms. The van der Waals surface area contributed by atoms with Gasteiger partial charge in [-0.1, -0.05) is 6.92 Å². The zero-order valence-electron chi connectivity index (χ0n) is 13.4. The fourth-order valence-electron chi connectivity index (χ4n) is 2.34. The van der Waals surface area contributed by atoms with Crippen LogP contribution in [0.1, 0.15) is 13.3 Å². The number of ether oxygens (including phenoxy) is 1.